The molecular formula is C12H12F3NS. The van der Waals surface area contributed by atoms with Crippen LogP contribution in [0.2, 0.25) is 0 Å². The highest BCUT2D eigenvalue weighted by molar-refractivity contribution is 7.17. The first-order valence-electron chi connectivity index (χ1n) is 5.08. The predicted octanol–water partition coefficient (Wildman–Crippen LogP) is 4.11. The molecule has 0 saturated heterocycles. The van der Waals surface area contributed by atoms with Crippen LogP contribution < -0.4 is 5.73 Å². The van der Waals surface area contributed by atoms with E-state index in [1.807, 2.05) is 0 Å². The van der Waals surface area contributed by atoms with Crippen molar-refractivity contribution in [3.63, 3.8) is 0 Å². The maximum Gasteiger partial charge on any atom is 0.417 e. The molecule has 17 heavy (non-hydrogen) atoms. The van der Waals surface area contributed by atoms with Crippen molar-refractivity contribution in [1.82, 2.24) is 0 Å². The van der Waals surface area contributed by atoms with Gasteiger partial charge in [-0.05, 0) is 36.9 Å². The quantitative estimate of drug-likeness (QED) is 0.819. The maximum atomic E-state index is 12.9. The van der Waals surface area contributed by atoms with Crippen LogP contribution in [-0.2, 0) is 11.7 Å². The average Bonchev–Trinajstić information content (AvgIpc) is 2.57. The lowest BCUT2D eigenvalue weighted by molar-refractivity contribution is -0.136. The normalized spacial score (nSPS) is 13.3. The lowest BCUT2D eigenvalue weighted by atomic mass is 9.93. The van der Waals surface area contributed by atoms with Gasteiger partial charge in [0.1, 0.15) is 0 Å². The Kier molecular flexibility index (Phi) is 2.71. The molecule has 92 valence electrons. The van der Waals surface area contributed by atoms with Crippen molar-refractivity contribution in [2.45, 2.75) is 25.6 Å². The van der Waals surface area contributed by atoms with E-state index in [2.05, 4.69) is 0 Å². The van der Waals surface area contributed by atoms with Gasteiger partial charge in [-0.3, -0.25) is 0 Å². The van der Waals surface area contributed by atoms with Crippen LogP contribution in [-0.4, -0.2) is 0 Å². The SMILES string of the molecule is CC(C)(N)c1csc2cccc(C(F)(F)F)c12. The topological polar surface area (TPSA) is 26.0 Å². The molecule has 0 amide bonds. The molecule has 0 aliphatic carbocycles. The minimum Gasteiger partial charge on any atom is -0.322 e. The van der Waals surface area contributed by atoms with Gasteiger partial charge in [-0.15, -0.1) is 11.3 Å². The summed E-state index contributed by atoms with van der Waals surface area (Å²) in [6, 6.07) is 4.21. The number of rotatable bonds is 1. The van der Waals surface area contributed by atoms with Crippen LogP contribution in [0.3, 0.4) is 0 Å². The van der Waals surface area contributed by atoms with Crippen LogP contribution in [0.25, 0.3) is 10.1 Å². The summed E-state index contributed by atoms with van der Waals surface area (Å²) >= 11 is 1.29. The Morgan fingerprint density at radius 1 is 1.12 bits per heavy atom. The summed E-state index contributed by atoms with van der Waals surface area (Å²) in [5, 5.41) is 1.94. The van der Waals surface area contributed by atoms with Gasteiger partial charge in [-0.25, -0.2) is 0 Å². The molecule has 0 fully saturated rings. The molecule has 0 aliphatic rings. The van der Waals surface area contributed by atoms with Crippen LogP contribution in [0.15, 0.2) is 23.6 Å². The number of halogens is 3. The number of thiophene rings is 1. The molecule has 0 spiro atoms. The molecule has 1 aromatic heterocycles. The lowest BCUT2D eigenvalue weighted by Crippen LogP contribution is -2.28. The molecule has 2 aromatic rings. The van der Waals surface area contributed by atoms with E-state index in [1.54, 1.807) is 25.3 Å². The number of alkyl halides is 3. The van der Waals surface area contributed by atoms with Crippen LogP contribution >= 0.6 is 11.3 Å². The molecule has 0 radical (unpaired) electrons. The van der Waals surface area contributed by atoms with E-state index in [0.29, 0.717) is 10.3 Å². The number of benzene rings is 1. The van der Waals surface area contributed by atoms with Gasteiger partial charge in [-0.1, -0.05) is 6.07 Å². The molecule has 0 unspecified atom stereocenters. The van der Waals surface area contributed by atoms with Gasteiger partial charge in [0.15, 0.2) is 0 Å². The molecule has 1 heterocycles. The van der Waals surface area contributed by atoms with E-state index in [4.69, 9.17) is 5.73 Å². The predicted molar refractivity (Wildman–Crippen MR) is 64.0 cm³/mol. The lowest BCUT2D eigenvalue weighted by Gasteiger charge is -2.19. The van der Waals surface area contributed by atoms with Gasteiger partial charge < -0.3 is 5.73 Å². The van der Waals surface area contributed by atoms with Gasteiger partial charge in [0.05, 0.1) is 5.56 Å². The third-order valence-corrected chi connectivity index (χ3v) is 3.55. The smallest absolute Gasteiger partial charge is 0.322 e. The Bertz CT molecular complexity index is 549. The summed E-state index contributed by atoms with van der Waals surface area (Å²) in [4.78, 5) is 0. The standard InChI is InChI=1S/C12H12F3NS/c1-11(2,16)8-6-17-9-5-3-4-7(10(8)9)12(13,14)15/h3-6H,16H2,1-2H3. The summed E-state index contributed by atoms with van der Waals surface area (Å²) in [6.07, 6.45) is -4.35. The zero-order valence-corrected chi connectivity index (χ0v) is 10.2. The fourth-order valence-electron chi connectivity index (χ4n) is 1.80. The van der Waals surface area contributed by atoms with E-state index in [0.717, 1.165) is 6.07 Å². The monoisotopic (exact) mass is 259 g/mol. The zero-order valence-electron chi connectivity index (χ0n) is 9.43. The summed E-state index contributed by atoms with van der Waals surface area (Å²) in [5.41, 5.74) is 5.08. The number of fused-ring (bicyclic) bond motifs is 1. The molecule has 0 bridgehead atoms. The molecule has 0 aliphatic heterocycles. The molecule has 1 aromatic carbocycles. The second-order valence-electron chi connectivity index (χ2n) is 4.55. The third kappa shape index (κ3) is 2.17. The average molecular weight is 259 g/mol. The highest BCUT2D eigenvalue weighted by Crippen LogP contribution is 2.41. The summed E-state index contributed by atoms with van der Waals surface area (Å²) in [6.45, 7) is 3.42. The van der Waals surface area contributed by atoms with Crippen molar-refractivity contribution in [3.05, 3.63) is 34.7 Å². The van der Waals surface area contributed by atoms with Gasteiger partial charge in [0.25, 0.3) is 0 Å². The van der Waals surface area contributed by atoms with E-state index in [-0.39, 0.29) is 5.39 Å². The van der Waals surface area contributed by atoms with Crippen LogP contribution in [0.5, 0.6) is 0 Å². The first kappa shape index (κ1) is 12.4. The second-order valence-corrected chi connectivity index (χ2v) is 5.46. The van der Waals surface area contributed by atoms with Crippen molar-refractivity contribution in [2.75, 3.05) is 0 Å². The molecule has 2 N–H and O–H groups in total. The van der Waals surface area contributed by atoms with Gasteiger partial charge in [-0.2, -0.15) is 13.2 Å². The largest absolute Gasteiger partial charge is 0.417 e. The number of hydrogen-bond donors (Lipinski definition) is 1. The summed E-state index contributed by atoms with van der Waals surface area (Å²) in [5.74, 6) is 0. The Balaban J connectivity index is 2.82. The van der Waals surface area contributed by atoms with Crippen LogP contribution in [0.4, 0.5) is 13.2 Å². The first-order chi connectivity index (χ1) is 7.71. The second kappa shape index (κ2) is 3.71. The van der Waals surface area contributed by atoms with E-state index in [1.165, 1.54) is 17.4 Å². The summed E-state index contributed by atoms with van der Waals surface area (Å²) in [7, 11) is 0. The highest BCUT2D eigenvalue weighted by Gasteiger charge is 2.35. The van der Waals surface area contributed by atoms with Gasteiger partial charge >= 0.3 is 6.18 Å². The maximum absolute atomic E-state index is 12.9. The number of hydrogen-bond acceptors (Lipinski definition) is 2. The molecule has 2 rings (SSSR count). The number of nitrogens with two attached hydrogens (primary N) is 1. The molecule has 0 saturated carbocycles. The fourth-order valence-corrected chi connectivity index (χ4v) is 2.96. The van der Waals surface area contributed by atoms with Crippen LogP contribution in [0.1, 0.15) is 25.0 Å². The van der Waals surface area contributed by atoms with E-state index >= 15 is 0 Å². The fraction of sp³-hybridized carbons (Fsp3) is 0.333. The highest BCUT2D eigenvalue weighted by atomic mass is 32.1. The van der Waals surface area contributed by atoms with Crippen molar-refractivity contribution in [3.8, 4) is 0 Å². The van der Waals surface area contributed by atoms with Crippen molar-refractivity contribution < 1.29 is 13.2 Å². The van der Waals surface area contributed by atoms with Crippen molar-refractivity contribution >= 4 is 21.4 Å². The molecule has 5 heteroatoms. The van der Waals surface area contributed by atoms with Gasteiger partial charge in [0.2, 0.25) is 0 Å². The summed E-state index contributed by atoms with van der Waals surface area (Å²) < 4.78 is 39.4. The minimum atomic E-state index is -4.35. The zero-order chi connectivity index (χ0) is 12.8. The van der Waals surface area contributed by atoms with Crippen LogP contribution in [0, 0.1) is 0 Å². The Morgan fingerprint density at radius 3 is 2.29 bits per heavy atom. The Morgan fingerprint density at radius 2 is 1.76 bits per heavy atom. The van der Waals surface area contributed by atoms with Crippen molar-refractivity contribution in [1.29, 1.82) is 0 Å². The van der Waals surface area contributed by atoms with E-state index in [9.17, 15) is 13.2 Å². The Labute approximate surface area is 101 Å². The van der Waals surface area contributed by atoms with Gasteiger partial charge in [0, 0.05) is 15.6 Å². The minimum absolute atomic E-state index is 0.234. The first-order valence-corrected chi connectivity index (χ1v) is 5.96. The van der Waals surface area contributed by atoms with E-state index < -0.39 is 17.3 Å². The molecule has 1 nitrogen and oxygen atoms in total. The molecule has 0 atom stereocenters. The Hall–Kier alpha value is -1.07. The molecular weight excluding hydrogens is 247 g/mol. The van der Waals surface area contributed by atoms with Crippen molar-refractivity contribution in [2.24, 2.45) is 5.73 Å². The third-order valence-electron chi connectivity index (χ3n) is 2.60.